The summed E-state index contributed by atoms with van der Waals surface area (Å²) in [6.07, 6.45) is 1.84. The van der Waals surface area contributed by atoms with Crippen LogP contribution in [0.15, 0.2) is 29.8 Å². The molecule has 0 saturated carbocycles. The minimum absolute atomic E-state index is 0.0603. The number of carbonyl (C=O) groups excluding carboxylic acids is 1. The Labute approximate surface area is 140 Å². The first-order valence-corrected chi connectivity index (χ1v) is 8.74. The third kappa shape index (κ3) is 3.89. The van der Waals surface area contributed by atoms with Crippen LogP contribution in [0.1, 0.15) is 11.1 Å². The van der Waals surface area contributed by atoms with Crippen molar-refractivity contribution in [2.24, 2.45) is 0 Å². The maximum absolute atomic E-state index is 12.3. The van der Waals surface area contributed by atoms with Crippen LogP contribution in [-0.4, -0.2) is 48.5 Å². The molecule has 1 aliphatic heterocycles. The molecular formula is C17H22N4OS. The topological polar surface area (TPSA) is 48.5 Å². The fourth-order valence-electron chi connectivity index (χ4n) is 2.86. The van der Waals surface area contributed by atoms with Crippen LogP contribution in [0.5, 0.6) is 0 Å². The van der Waals surface area contributed by atoms with E-state index in [0.29, 0.717) is 6.54 Å². The lowest BCUT2D eigenvalue weighted by Crippen LogP contribution is -2.48. The molecule has 0 bridgehead atoms. The standard InChI is InChI=1S/C17H22N4OS/c1-13-4-3-5-14(2)16(13)19-15(22)12-20-7-9-21(10-8-20)17-18-6-11-23-17/h3-6,11H,7-10,12H2,1-2H3,(H,19,22). The second-order valence-electron chi connectivity index (χ2n) is 5.89. The molecule has 1 N–H and O–H groups in total. The minimum atomic E-state index is 0.0603. The molecule has 0 aliphatic carbocycles. The second kappa shape index (κ2) is 7.10. The van der Waals surface area contributed by atoms with Gasteiger partial charge in [-0.2, -0.15) is 0 Å². The van der Waals surface area contributed by atoms with Gasteiger partial charge in [-0.3, -0.25) is 9.69 Å². The SMILES string of the molecule is Cc1cccc(C)c1NC(=O)CN1CCN(c2nccs2)CC1. The van der Waals surface area contributed by atoms with Crippen LogP contribution in [0.2, 0.25) is 0 Å². The number of nitrogens with one attached hydrogen (secondary N) is 1. The van der Waals surface area contributed by atoms with Crippen LogP contribution in [-0.2, 0) is 4.79 Å². The van der Waals surface area contributed by atoms with Crippen molar-refractivity contribution in [1.29, 1.82) is 0 Å². The number of aryl methyl sites for hydroxylation is 2. The fraction of sp³-hybridized carbons (Fsp3) is 0.412. The van der Waals surface area contributed by atoms with Crippen molar-refractivity contribution in [2.75, 3.05) is 42.9 Å². The summed E-state index contributed by atoms with van der Waals surface area (Å²) in [7, 11) is 0. The number of nitrogens with zero attached hydrogens (tertiary/aromatic N) is 3. The largest absolute Gasteiger partial charge is 0.346 e. The Morgan fingerprint density at radius 2 is 1.91 bits per heavy atom. The summed E-state index contributed by atoms with van der Waals surface area (Å²) in [6.45, 7) is 8.11. The molecule has 1 aromatic heterocycles. The maximum atomic E-state index is 12.3. The highest BCUT2D eigenvalue weighted by molar-refractivity contribution is 7.13. The van der Waals surface area contributed by atoms with E-state index in [1.807, 2.05) is 43.6 Å². The van der Waals surface area contributed by atoms with Crippen molar-refractivity contribution in [2.45, 2.75) is 13.8 Å². The zero-order valence-corrected chi connectivity index (χ0v) is 14.4. The molecule has 5 nitrogen and oxygen atoms in total. The molecule has 122 valence electrons. The first-order valence-electron chi connectivity index (χ1n) is 7.86. The van der Waals surface area contributed by atoms with Gasteiger partial charge in [0.05, 0.1) is 6.54 Å². The van der Waals surface area contributed by atoms with Gasteiger partial charge in [-0.15, -0.1) is 11.3 Å². The highest BCUT2D eigenvalue weighted by Crippen LogP contribution is 2.20. The smallest absolute Gasteiger partial charge is 0.238 e. The van der Waals surface area contributed by atoms with E-state index in [2.05, 4.69) is 20.1 Å². The number of benzene rings is 1. The third-order valence-corrected chi connectivity index (χ3v) is 5.01. The molecule has 0 spiro atoms. The van der Waals surface area contributed by atoms with E-state index in [1.54, 1.807) is 11.3 Å². The molecule has 1 fully saturated rings. The quantitative estimate of drug-likeness (QED) is 0.936. The van der Waals surface area contributed by atoms with Crippen molar-refractivity contribution in [1.82, 2.24) is 9.88 Å². The van der Waals surface area contributed by atoms with E-state index < -0.39 is 0 Å². The molecule has 23 heavy (non-hydrogen) atoms. The van der Waals surface area contributed by atoms with Crippen molar-refractivity contribution < 1.29 is 4.79 Å². The van der Waals surface area contributed by atoms with Crippen LogP contribution in [0.3, 0.4) is 0 Å². The van der Waals surface area contributed by atoms with E-state index in [4.69, 9.17) is 0 Å². The van der Waals surface area contributed by atoms with E-state index >= 15 is 0 Å². The lowest BCUT2D eigenvalue weighted by Gasteiger charge is -2.34. The van der Waals surface area contributed by atoms with Crippen molar-refractivity contribution in [3.63, 3.8) is 0 Å². The number of piperazine rings is 1. The average molecular weight is 330 g/mol. The number of amides is 1. The van der Waals surface area contributed by atoms with E-state index in [-0.39, 0.29) is 5.91 Å². The number of rotatable bonds is 4. The zero-order chi connectivity index (χ0) is 16.2. The number of carbonyl (C=O) groups is 1. The lowest BCUT2D eigenvalue weighted by atomic mass is 10.1. The predicted molar refractivity (Wildman–Crippen MR) is 95.3 cm³/mol. The second-order valence-corrected chi connectivity index (χ2v) is 6.77. The van der Waals surface area contributed by atoms with Gasteiger partial charge in [0.2, 0.25) is 5.91 Å². The molecule has 2 aromatic rings. The summed E-state index contributed by atoms with van der Waals surface area (Å²) in [4.78, 5) is 21.2. The average Bonchev–Trinajstić information content (AvgIpc) is 3.06. The first kappa shape index (κ1) is 16.0. The molecule has 1 amide bonds. The van der Waals surface area contributed by atoms with Gasteiger partial charge >= 0.3 is 0 Å². The Balaban J connectivity index is 1.51. The van der Waals surface area contributed by atoms with Crippen molar-refractivity contribution >= 4 is 28.1 Å². The van der Waals surface area contributed by atoms with Gasteiger partial charge < -0.3 is 10.2 Å². The molecule has 0 unspecified atom stereocenters. The Morgan fingerprint density at radius 3 is 2.52 bits per heavy atom. The maximum Gasteiger partial charge on any atom is 0.238 e. The van der Waals surface area contributed by atoms with Gasteiger partial charge in [-0.05, 0) is 25.0 Å². The Kier molecular flexibility index (Phi) is 4.93. The van der Waals surface area contributed by atoms with Gasteiger partial charge in [0.25, 0.3) is 0 Å². The molecule has 0 radical (unpaired) electrons. The summed E-state index contributed by atoms with van der Waals surface area (Å²) in [5.74, 6) is 0.0603. The van der Waals surface area contributed by atoms with E-state index in [9.17, 15) is 4.79 Å². The molecule has 0 atom stereocenters. The van der Waals surface area contributed by atoms with Gasteiger partial charge in [-0.1, -0.05) is 18.2 Å². The summed E-state index contributed by atoms with van der Waals surface area (Å²) >= 11 is 1.67. The highest BCUT2D eigenvalue weighted by Gasteiger charge is 2.20. The predicted octanol–water partition coefficient (Wildman–Crippen LogP) is 2.52. The Bertz CT molecular complexity index is 643. The van der Waals surface area contributed by atoms with Crippen LogP contribution in [0.4, 0.5) is 10.8 Å². The highest BCUT2D eigenvalue weighted by atomic mass is 32.1. The lowest BCUT2D eigenvalue weighted by molar-refractivity contribution is -0.117. The van der Waals surface area contributed by atoms with Crippen molar-refractivity contribution in [3.8, 4) is 0 Å². The van der Waals surface area contributed by atoms with Gasteiger partial charge in [0.15, 0.2) is 5.13 Å². The Hall–Kier alpha value is -1.92. The number of aromatic nitrogens is 1. The molecular weight excluding hydrogens is 308 g/mol. The third-order valence-electron chi connectivity index (χ3n) is 4.17. The monoisotopic (exact) mass is 330 g/mol. The number of anilines is 2. The van der Waals surface area contributed by atoms with Gasteiger partial charge in [-0.25, -0.2) is 4.98 Å². The van der Waals surface area contributed by atoms with E-state index in [0.717, 1.165) is 48.1 Å². The van der Waals surface area contributed by atoms with Crippen LogP contribution < -0.4 is 10.2 Å². The fourth-order valence-corrected chi connectivity index (χ4v) is 3.56. The van der Waals surface area contributed by atoms with Crippen molar-refractivity contribution in [3.05, 3.63) is 40.9 Å². The minimum Gasteiger partial charge on any atom is -0.346 e. The number of para-hydroxylation sites is 1. The molecule has 1 saturated heterocycles. The van der Waals surface area contributed by atoms with Crippen LogP contribution in [0.25, 0.3) is 0 Å². The normalized spacial score (nSPS) is 15.7. The molecule has 1 aliphatic rings. The number of hydrogen-bond acceptors (Lipinski definition) is 5. The molecule has 1 aromatic carbocycles. The van der Waals surface area contributed by atoms with Gasteiger partial charge in [0, 0.05) is 43.4 Å². The van der Waals surface area contributed by atoms with Crippen LogP contribution >= 0.6 is 11.3 Å². The molecule has 6 heteroatoms. The first-order chi connectivity index (χ1) is 11.1. The number of hydrogen-bond donors (Lipinski definition) is 1. The van der Waals surface area contributed by atoms with E-state index in [1.165, 1.54) is 0 Å². The van der Waals surface area contributed by atoms with Crippen LogP contribution in [0, 0.1) is 13.8 Å². The summed E-state index contributed by atoms with van der Waals surface area (Å²) in [6, 6.07) is 6.06. The molecule has 3 rings (SSSR count). The summed E-state index contributed by atoms with van der Waals surface area (Å²) in [5.41, 5.74) is 3.15. The van der Waals surface area contributed by atoms with Gasteiger partial charge in [0.1, 0.15) is 0 Å². The Morgan fingerprint density at radius 1 is 1.22 bits per heavy atom. The molecule has 2 heterocycles. The summed E-state index contributed by atoms with van der Waals surface area (Å²) < 4.78 is 0. The zero-order valence-electron chi connectivity index (χ0n) is 13.6. The summed E-state index contributed by atoms with van der Waals surface area (Å²) in [5, 5.41) is 6.13. The number of thiazole rings is 1.